The van der Waals surface area contributed by atoms with Gasteiger partial charge in [0, 0.05) is 11.6 Å². The Morgan fingerprint density at radius 3 is 2.75 bits per heavy atom. The van der Waals surface area contributed by atoms with Gasteiger partial charge in [0.25, 0.3) is 0 Å². The molecule has 1 saturated heterocycles. The number of nitrogens with one attached hydrogen (secondary N) is 1. The number of halogens is 2. The van der Waals surface area contributed by atoms with E-state index in [2.05, 4.69) is 16.6 Å². The van der Waals surface area contributed by atoms with Gasteiger partial charge in [-0.25, -0.2) is 0 Å². The highest BCUT2D eigenvalue weighted by molar-refractivity contribution is 5.33. The second-order valence-corrected chi connectivity index (χ2v) is 3.54. The monoisotopic (exact) mass is 229 g/mol. The molecule has 0 saturated carbocycles. The molecule has 4 heteroatoms. The third-order valence-corrected chi connectivity index (χ3v) is 2.52. The molecule has 1 atom stereocenters. The van der Waals surface area contributed by atoms with Gasteiger partial charge in [0.05, 0.1) is 0 Å². The SMILES string of the molecule is C=C/C=C(OC(F)F)\C(=C/C)C1CCCN1. The number of hydrogen-bond donors (Lipinski definition) is 1. The largest absolute Gasteiger partial charge is 0.434 e. The minimum Gasteiger partial charge on any atom is -0.434 e. The highest BCUT2D eigenvalue weighted by Crippen LogP contribution is 2.24. The van der Waals surface area contributed by atoms with E-state index in [0.29, 0.717) is 0 Å². The quantitative estimate of drug-likeness (QED) is 0.578. The summed E-state index contributed by atoms with van der Waals surface area (Å²) in [4.78, 5) is 0. The van der Waals surface area contributed by atoms with Gasteiger partial charge in [0.2, 0.25) is 0 Å². The van der Waals surface area contributed by atoms with Gasteiger partial charge in [-0.05, 0) is 32.4 Å². The highest BCUT2D eigenvalue weighted by Gasteiger charge is 2.23. The second kappa shape index (κ2) is 6.43. The lowest BCUT2D eigenvalue weighted by atomic mass is 10.0. The Labute approximate surface area is 94.7 Å². The molecule has 90 valence electrons. The molecule has 1 rings (SSSR count). The van der Waals surface area contributed by atoms with E-state index in [-0.39, 0.29) is 11.8 Å². The first-order valence-corrected chi connectivity index (χ1v) is 5.36. The van der Waals surface area contributed by atoms with Crippen LogP contribution < -0.4 is 5.32 Å². The number of allylic oxidation sites excluding steroid dienone is 3. The van der Waals surface area contributed by atoms with Crippen molar-refractivity contribution in [2.75, 3.05) is 6.54 Å². The molecule has 16 heavy (non-hydrogen) atoms. The molecule has 0 amide bonds. The minimum absolute atomic E-state index is 0.106. The maximum Gasteiger partial charge on any atom is 0.387 e. The zero-order valence-corrected chi connectivity index (χ0v) is 9.38. The van der Waals surface area contributed by atoms with Crippen LogP contribution in [0.25, 0.3) is 0 Å². The summed E-state index contributed by atoms with van der Waals surface area (Å²) in [5.41, 5.74) is 0.776. The van der Waals surface area contributed by atoms with Crippen LogP contribution >= 0.6 is 0 Å². The van der Waals surface area contributed by atoms with Crippen LogP contribution in [0.4, 0.5) is 8.78 Å². The van der Waals surface area contributed by atoms with Crippen LogP contribution in [0.2, 0.25) is 0 Å². The molecule has 0 aromatic heterocycles. The third kappa shape index (κ3) is 3.45. The van der Waals surface area contributed by atoms with Gasteiger partial charge >= 0.3 is 6.61 Å². The lowest BCUT2D eigenvalue weighted by molar-refractivity contribution is -0.0938. The number of ether oxygens (including phenoxy) is 1. The molecule has 1 fully saturated rings. The summed E-state index contributed by atoms with van der Waals surface area (Å²) in [5.74, 6) is 0.201. The van der Waals surface area contributed by atoms with E-state index >= 15 is 0 Å². The Bertz CT molecular complexity index is 291. The van der Waals surface area contributed by atoms with Crippen LogP contribution in [0.3, 0.4) is 0 Å². The first-order chi connectivity index (χ1) is 7.69. The Hall–Kier alpha value is -1.16. The molecule has 1 N–H and O–H groups in total. The van der Waals surface area contributed by atoms with Crippen molar-refractivity contribution in [3.8, 4) is 0 Å². The average Bonchev–Trinajstić information content (AvgIpc) is 2.71. The van der Waals surface area contributed by atoms with Crippen molar-refractivity contribution in [1.82, 2.24) is 5.32 Å². The van der Waals surface area contributed by atoms with Crippen LogP contribution in [-0.2, 0) is 4.74 Å². The summed E-state index contributed by atoms with van der Waals surface area (Å²) in [6.45, 7) is 3.43. The van der Waals surface area contributed by atoms with Crippen LogP contribution in [-0.4, -0.2) is 19.2 Å². The maximum atomic E-state index is 12.2. The fraction of sp³-hybridized carbons (Fsp3) is 0.500. The van der Waals surface area contributed by atoms with Gasteiger partial charge in [-0.1, -0.05) is 18.7 Å². The van der Waals surface area contributed by atoms with E-state index in [1.165, 1.54) is 12.2 Å². The molecule has 1 unspecified atom stereocenters. The molecule has 0 aliphatic carbocycles. The van der Waals surface area contributed by atoms with E-state index in [1.807, 2.05) is 6.92 Å². The van der Waals surface area contributed by atoms with Crippen molar-refractivity contribution < 1.29 is 13.5 Å². The first kappa shape index (κ1) is 12.9. The van der Waals surface area contributed by atoms with Crippen molar-refractivity contribution in [3.05, 3.63) is 36.1 Å². The van der Waals surface area contributed by atoms with Crippen molar-refractivity contribution in [1.29, 1.82) is 0 Å². The van der Waals surface area contributed by atoms with Crippen molar-refractivity contribution in [2.45, 2.75) is 32.4 Å². The molecule has 1 heterocycles. The molecule has 0 aromatic carbocycles. The predicted octanol–water partition coefficient (Wildman–Crippen LogP) is 2.99. The van der Waals surface area contributed by atoms with Gasteiger partial charge in [-0.15, -0.1) is 0 Å². The van der Waals surface area contributed by atoms with E-state index in [9.17, 15) is 8.78 Å². The summed E-state index contributed by atoms with van der Waals surface area (Å²) in [5, 5.41) is 3.25. The molecule has 2 nitrogen and oxygen atoms in total. The highest BCUT2D eigenvalue weighted by atomic mass is 19.3. The Morgan fingerprint density at radius 2 is 2.31 bits per heavy atom. The summed E-state index contributed by atoms with van der Waals surface area (Å²) >= 11 is 0. The standard InChI is InChI=1S/C12H17F2NO/c1-3-6-11(16-12(13)14)9(4-2)10-7-5-8-15-10/h3-4,6,10,12,15H,1,5,7-8H2,2H3/b9-4-,11-6+. The van der Waals surface area contributed by atoms with E-state index in [0.717, 1.165) is 25.0 Å². The molecule has 0 spiro atoms. The van der Waals surface area contributed by atoms with Crippen molar-refractivity contribution in [3.63, 3.8) is 0 Å². The Balaban J connectivity index is 2.81. The smallest absolute Gasteiger partial charge is 0.387 e. The first-order valence-electron chi connectivity index (χ1n) is 5.36. The van der Waals surface area contributed by atoms with E-state index < -0.39 is 6.61 Å². The number of rotatable bonds is 5. The molecule has 0 radical (unpaired) electrons. The third-order valence-electron chi connectivity index (χ3n) is 2.52. The fourth-order valence-electron chi connectivity index (χ4n) is 1.87. The van der Waals surface area contributed by atoms with Crippen LogP contribution in [0.1, 0.15) is 19.8 Å². The molecule has 1 aliphatic rings. The molecule has 1 aliphatic heterocycles. The van der Waals surface area contributed by atoms with E-state index in [1.54, 1.807) is 6.08 Å². The summed E-state index contributed by atoms with van der Waals surface area (Å²) in [6, 6.07) is 0.106. The second-order valence-electron chi connectivity index (χ2n) is 3.54. The minimum atomic E-state index is -2.80. The van der Waals surface area contributed by atoms with E-state index in [4.69, 9.17) is 0 Å². The van der Waals surface area contributed by atoms with Crippen molar-refractivity contribution >= 4 is 0 Å². The maximum absolute atomic E-state index is 12.2. The van der Waals surface area contributed by atoms with Gasteiger partial charge in [0.15, 0.2) is 0 Å². The summed E-state index contributed by atoms with van der Waals surface area (Å²) < 4.78 is 29.0. The normalized spacial score (nSPS) is 22.6. The van der Waals surface area contributed by atoms with Crippen molar-refractivity contribution in [2.24, 2.45) is 0 Å². The topological polar surface area (TPSA) is 21.3 Å². The average molecular weight is 229 g/mol. The molecule has 0 bridgehead atoms. The van der Waals surface area contributed by atoms with Crippen LogP contribution in [0.15, 0.2) is 36.1 Å². The van der Waals surface area contributed by atoms with Crippen LogP contribution in [0, 0.1) is 0 Å². The number of hydrogen-bond acceptors (Lipinski definition) is 2. The Kier molecular flexibility index (Phi) is 5.19. The van der Waals surface area contributed by atoms with Gasteiger partial charge in [-0.2, -0.15) is 8.78 Å². The zero-order valence-electron chi connectivity index (χ0n) is 9.38. The summed E-state index contributed by atoms with van der Waals surface area (Å²) in [7, 11) is 0. The van der Waals surface area contributed by atoms with Gasteiger partial charge in [0.1, 0.15) is 5.76 Å². The van der Waals surface area contributed by atoms with Gasteiger partial charge < -0.3 is 10.1 Å². The lowest BCUT2D eigenvalue weighted by Gasteiger charge is -2.18. The fourth-order valence-corrected chi connectivity index (χ4v) is 1.87. The number of alkyl halides is 2. The molecular weight excluding hydrogens is 212 g/mol. The predicted molar refractivity (Wildman–Crippen MR) is 60.2 cm³/mol. The Morgan fingerprint density at radius 1 is 1.56 bits per heavy atom. The van der Waals surface area contributed by atoms with Crippen LogP contribution in [0.5, 0.6) is 0 Å². The lowest BCUT2D eigenvalue weighted by Crippen LogP contribution is -2.25. The summed E-state index contributed by atoms with van der Waals surface area (Å²) in [6.07, 6.45) is 6.73. The molecular formula is C12H17F2NO. The molecule has 0 aromatic rings. The van der Waals surface area contributed by atoms with Gasteiger partial charge in [-0.3, -0.25) is 0 Å². The zero-order chi connectivity index (χ0) is 12.0.